The van der Waals surface area contributed by atoms with Crippen LogP contribution in [-0.4, -0.2) is 11.5 Å². The van der Waals surface area contributed by atoms with Gasteiger partial charge in [0, 0.05) is 11.4 Å². The third kappa shape index (κ3) is 4.12. The average molecular weight is 240 g/mol. The van der Waals surface area contributed by atoms with E-state index in [-0.39, 0.29) is 0 Å². The molecule has 0 spiro atoms. The second kappa shape index (κ2) is 6.89. The van der Waals surface area contributed by atoms with Crippen LogP contribution >= 0.6 is 11.3 Å². The van der Waals surface area contributed by atoms with E-state index < -0.39 is 0 Å². The highest BCUT2D eigenvalue weighted by molar-refractivity contribution is 7.15. The van der Waals surface area contributed by atoms with Gasteiger partial charge >= 0.3 is 0 Å². The molecule has 1 heterocycles. The molecule has 3 heteroatoms. The van der Waals surface area contributed by atoms with Crippen LogP contribution in [0.5, 0.6) is 0 Å². The largest absolute Gasteiger partial charge is 0.361 e. The lowest BCUT2D eigenvalue weighted by Gasteiger charge is -2.14. The second-order valence-electron chi connectivity index (χ2n) is 4.46. The fourth-order valence-electron chi connectivity index (χ4n) is 1.72. The molecule has 0 aliphatic rings. The first-order valence-corrected chi connectivity index (χ1v) is 7.16. The Hall–Kier alpha value is -0.570. The highest BCUT2D eigenvalue weighted by Crippen LogP contribution is 2.22. The molecule has 1 aromatic heterocycles. The SMILES string of the molecule is CCCCC(CC)CNc1nc(C)c(C)s1. The highest BCUT2D eigenvalue weighted by atomic mass is 32.1. The third-order valence-electron chi connectivity index (χ3n) is 3.11. The first-order valence-electron chi connectivity index (χ1n) is 6.35. The molecule has 0 aliphatic carbocycles. The molecule has 2 nitrogen and oxygen atoms in total. The van der Waals surface area contributed by atoms with Gasteiger partial charge in [-0.1, -0.05) is 33.1 Å². The zero-order valence-electron chi connectivity index (χ0n) is 11.0. The van der Waals surface area contributed by atoms with Crippen molar-refractivity contribution >= 4 is 16.5 Å². The minimum absolute atomic E-state index is 0.796. The van der Waals surface area contributed by atoms with Crippen molar-refractivity contribution in [3.63, 3.8) is 0 Å². The van der Waals surface area contributed by atoms with Crippen molar-refractivity contribution in [2.24, 2.45) is 5.92 Å². The number of hydrogen-bond donors (Lipinski definition) is 1. The zero-order valence-corrected chi connectivity index (χ0v) is 11.8. The molecule has 0 fully saturated rings. The molecule has 0 saturated carbocycles. The first-order chi connectivity index (χ1) is 7.67. The van der Waals surface area contributed by atoms with Gasteiger partial charge in [0.25, 0.3) is 0 Å². The van der Waals surface area contributed by atoms with Crippen LogP contribution in [0.1, 0.15) is 50.1 Å². The monoisotopic (exact) mass is 240 g/mol. The number of nitrogens with one attached hydrogen (secondary N) is 1. The van der Waals surface area contributed by atoms with Crippen LogP contribution in [0.15, 0.2) is 0 Å². The van der Waals surface area contributed by atoms with Gasteiger partial charge in [0.05, 0.1) is 5.69 Å². The number of nitrogens with zero attached hydrogens (tertiary/aromatic N) is 1. The normalized spacial score (nSPS) is 12.8. The molecule has 1 atom stereocenters. The fraction of sp³-hybridized carbons (Fsp3) is 0.769. The molecule has 0 radical (unpaired) electrons. The van der Waals surface area contributed by atoms with E-state index in [0.29, 0.717) is 0 Å². The van der Waals surface area contributed by atoms with Gasteiger partial charge in [-0.15, -0.1) is 11.3 Å². The molecular weight excluding hydrogens is 216 g/mol. The van der Waals surface area contributed by atoms with Crippen LogP contribution < -0.4 is 5.32 Å². The molecule has 1 unspecified atom stereocenters. The second-order valence-corrected chi connectivity index (χ2v) is 5.66. The quantitative estimate of drug-likeness (QED) is 0.764. The summed E-state index contributed by atoms with van der Waals surface area (Å²) in [6, 6.07) is 0. The molecule has 0 saturated heterocycles. The number of hydrogen-bond acceptors (Lipinski definition) is 3. The van der Waals surface area contributed by atoms with Crippen LogP contribution in [-0.2, 0) is 0 Å². The maximum absolute atomic E-state index is 4.50. The summed E-state index contributed by atoms with van der Waals surface area (Å²) < 4.78 is 0. The first kappa shape index (κ1) is 13.5. The van der Waals surface area contributed by atoms with Gasteiger partial charge in [-0.05, 0) is 26.2 Å². The number of aromatic nitrogens is 1. The molecule has 0 aliphatic heterocycles. The molecule has 0 aromatic carbocycles. The van der Waals surface area contributed by atoms with Gasteiger partial charge in [-0.3, -0.25) is 0 Å². The standard InChI is InChI=1S/C13H24N2S/c1-5-7-8-12(6-2)9-14-13-15-10(3)11(4)16-13/h12H,5-9H2,1-4H3,(H,14,15). The molecule has 0 bridgehead atoms. The van der Waals surface area contributed by atoms with E-state index in [0.717, 1.165) is 23.3 Å². The smallest absolute Gasteiger partial charge is 0.183 e. The lowest BCUT2D eigenvalue weighted by atomic mass is 10.00. The van der Waals surface area contributed by atoms with E-state index in [2.05, 4.69) is 38.0 Å². The number of aryl methyl sites for hydroxylation is 2. The van der Waals surface area contributed by atoms with Crippen molar-refractivity contribution in [1.82, 2.24) is 4.98 Å². The summed E-state index contributed by atoms with van der Waals surface area (Å²) >= 11 is 1.77. The predicted molar refractivity (Wildman–Crippen MR) is 73.4 cm³/mol. The van der Waals surface area contributed by atoms with Gasteiger partial charge in [0.2, 0.25) is 0 Å². The lowest BCUT2D eigenvalue weighted by molar-refractivity contribution is 0.472. The van der Waals surface area contributed by atoms with E-state index in [1.165, 1.54) is 30.6 Å². The van der Waals surface area contributed by atoms with Crippen LogP contribution in [0.4, 0.5) is 5.13 Å². The van der Waals surface area contributed by atoms with Crippen molar-refractivity contribution < 1.29 is 0 Å². The van der Waals surface area contributed by atoms with Gasteiger partial charge in [0.1, 0.15) is 0 Å². The summed E-state index contributed by atoms with van der Waals surface area (Å²) in [4.78, 5) is 5.83. The Morgan fingerprint density at radius 2 is 2.06 bits per heavy atom. The van der Waals surface area contributed by atoms with E-state index in [4.69, 9.17) is 0 Å². The van der Waals surface area contributed by atoms with E-state index >= 15 is 0 Å². The Labute approximate surface area is 103 Å². The summed E-state index contributed by atoms with van der Waals surface area (Å²) in [7, 11) is 0. The molecule has 1 aromatic rings. The van der Waals surface area contributed by atoms with Gasteiger partial charge in [0.15, 0.2) is 5.13 Å². The van der Waals surface area contributed by atoms with Crippen molar-refractivity contribution in [3.8, 4) is 0 Å². The van der Waals surface area contributed by atoms with Crippen molar-refractivity contribution in [2.75, 3.05) is 11.9 Å². The predicted octanol–water partition coefficient (Wildman–Crippen LogP) is 4.39. The van der Waals surface area contributed by atoms with Crippen LogP contribution in [0, 0.1) is 19.8 Å². The van der Waals surface area contributed by atoms with Crippen LogP contribution in [0.3, 0.4) is 0 Å². The minimum atomic E-state index is 0.796. The maximum atomic E-state index is 4.50. The maximum Gasteiger partial charge on any atom is 0.183 e. The molecule has 1 N–H and O–H groups in total. The fourth-order valence-corrected chi connectivity index (χ4v) is 2.54. The summed E-state index contributed by atoms with van der Waals surface area (Å²) in [6.45, 7) is 9.81. The average Bonchev–Trinajstić information content (AvgIpc) is 2.59. The van der Waals surface area contributed by atoms with E-state index in [1.54, 1.807) is 11.3 Å². The van der Waals surface area contributed by atoms with Gasteiger partial charge in [-0.2, -0.15) is 0 Å². The van der Waals surface area contributed by atoms with Crippen molar-refractivity contribution in [1.29, 1.82) is 0 Å². The van der Waals surface area contributed by atoms with Gasteiger partial charge in [-0.25, -0.2) is 4.98 Å². The summed E-state index contributed by atoms with van der Waals surface area (Å²) in [5, 5.41) is 4.56. The topological polar surface area (TPSA) is 24.9 Å². The molecule has 0 amide bonds. The Kier molecular flexibility index (Phi) is 5.81. The molecule has 92 valence electrons. The van der Waals surface area contributed by atoms with Crippen LogP contribution in [0.2, 0.25) is 0 Å². The van der Waals surface area contributed by atoms with Crippen molar-refractivity contribution in [2.45, 2.75) is 53.4 Å². The Bertz CT molecular complexity index is 287. The zero-order chi connectivity index (χ0) is 12.0. The number of rotatable bonds is 7. The minimum Gasteiger partial charge on any atom is -0.361 e. The molecular formula is C13H24N2S. The summed E-state index contributed by atoms with van der Waals surface area (Å²) in [5.41, 5.74) is 1.16. The lowest BCUT2D eigenvalue weighted by Crippen LogP contribution is -2.13. The van der Waals surface area contributed by atoms with Gasteiger partial charge < -0.3 is 5.32 Å². The van der Waals surface area contributed by atoms with Crippen LogP contribution in [0.25, 0.3) is 0 Å². The van der Waals surface area contributed by atoms with Crippen molar-refractivity contribution in [3.05, 3.63) is 10.6 Å². The third-order valence-corrected chi connectivity index (χ3v) is 4.14. The molecule has 1 rings (SSSR count). The summed E-state index contributed by atoms with van der Waals surface area (Å²) in [5.74, 6) is 0.796. The Morgan fingerprint density at radius 3 is 2.56 bits per heavy atom. The summed E-state index contributed by atoms with van der Waals surface area (Å²) in [6.07, 6.45) is 5.24. The number of anilines is 1. The number of thiazole rings is 1. The van der Waals surface area contributed by atoms with E-state index in [1.807, 2.05) is 0 Å². The Morgan fingerprint density at radius 1 is 1.31 bits per heavy atom. The van der Waals surface area contributed by atoms with E-state index in [9.17, 15) is 0 Å². The Balaban J connectivity index is 2.37. The number of unbranched alkanes of at least 4 members (excludes halogenated alkanes) is 1. The highest BCUT2D eigenvalue weighted by Gasteiger charge is 2.08. The molecule has 16 heavy (non-hydrogen) atoms.